The first-order valence-electron chi connectivity index (χ1n) is 9.09. The van der Waals surface area contributed by atoms with Crippen molar-refractivity contribution in [3.05, 3.63) is 23.3 Å². The Labute approximate surface area is 158 Å². The van der Waals surface area contributed by atoms with E-state index in [0.29, 0.717) is 37.6 Å². The third-order valence-electron chi connectivity index (χ3n) is 5.35. The number of hydrogen-bond acceptors (Lipinski definition) is 5. The van der Waals surface area contributed by atoms with Gasteiger partial charge in [-0.15, -0.1) is 0 Å². The van der Waals surface area contributed by atoms with Crippen LogP contribution in [0.3, 0.4) is 0 Å². The second-order valence-electron chi connectivity index (χ2n) is 6.65. The fraction of sp³-hybridized carbons (Fsp3) is 0.526. The van der Waals surface area contributed by atoms with E-state index in [9.17, 15) is 14.4 Å². The van der Waals surface area contributed by atoms with Crippen molar-refractivity contribution in [1.82, 2.24) is 14.7 Å². The van der Waals surface area contributed by atoms with Crippen LogP contribution >= 0.6 is 0 Å². The zero-order valence-electron chi connectivity index (χ0n) is 16.2. The number of carbonyl (C=O) groups is 3. The lowest BCUT2D eigenvalue weighted by atomic mass is 9.93. The van der Waals surface area contributed by atoms with Crippen molar-refractivity contribution in [2.45, 2.75) is 26.3 Å². The Bertz CT molecular complexity index is 779. The van der Waals surface area contributed by atoms with Crippen LogP contribution < -0.4 is 9.47 Å². The third kappa shape index (κ3) is 3.20. The summed E-state index contributed by atoms with van der Waals surface area (Å²) in [4.78, 5) is 41.7. The highest BCUT2D eigenvalue weighted by Gasteiger charge is 2.39. The number of nitrogens with zero attached hydrogens (tertiary/aromatic N) is 3. The minimum absolute atomic E-state index is 0.221. The summed E-state index contributed by atoms with van der Waals surface area (Å²) in [6, 6.07) is 3.15. The molecule has 2 aliphatic rings. The van der Waals surface area contributed by atoms with E-state index >= 15 is 0 Å². The predicted octanol–water partition coefficient (Wildman–Crippen LogP) is 1.43. The molecule has 0 spiro atoms. The molecule has 146 valence electrons. The van der Waals surface area contributed by atoms with Gasteiger partial charge in [-0.25, -0.2) is 4.79 Å². The number of benzene rings is 1. The largest absolute Gasteiger partial charge is 0.493 e. The highest BCUT2D eigenvalue weighted by molar-refractivity contribution is 6.38. The van der Waals surface area contributed by atoms with Crippen molar-refractivity contribution < 1.29 is 23.9 Å². The van der Waals surface area contributed by atoms with Crippen LogP contribution in [0.5, 0.6) is 11.5 Å². The first kappa shape index (κ1) is 19.0. The standard InChI is InChI=1S/C19H25N3O5/c1-5-20-8-9-22(18(24)17(20)23)19(25)21-7-6-13-10-15(26-3)16(27-4)11-14(13)12(21)2/h10-12H,5-9H2,1-4H3. The minimum atomic E-state index is -0.751. The Kier molecular flexibility index (Phi) is 5.25. The molecule has 1 unspecified atom stereocenters. The zero-order chi connectivity index (χ0) is 19.7. The number of fused-ring (bicyclic) bond motifs is 1. The molecule has 0 aromatic heterocycles. The summed E-state index contributed by atoms with van der Waals surface area (Å²) in [5.74, 6) is -0.119. The number of imide groups is 1. The highest BCUT2D eigenvalue weighted by Crippen LogP contribution is 2.38. The van der Waals surface area contributed by atoms with Gasteiger partial charge in [0.1, 0.15) is 0 Å². The van der Waals surface area contributed by atoms with Crippen molar-refractivity contribution in [2.24, 2.45) is 0 Å². The molecule has 0 aliphatic carbocycles. The maximum absolute atomic E-state index is 13.0. The van der Waals surface area contributed by atoms with Gasteiger partial charge in [0.2, 0.25) is 0 Å². The van der Waals surface area contributed by atoms with Crippen LogP contribution in [-0.4, -0.2) is 72.9 Å². The Morgan fingerprint density at radius 3 is 2.37 bits per heavy atom. The lowest BCUT2D eigenvalue weighted by molar-refractivity contribution is -0.154. The molecule has 2 heterocycles. The molecule has 2 aliphatic heterocycles. The molecule has 4 amide bonds. The highest BCUT2D eigenvalue weighted by atomic mass is 16.5. The summed E-state index contributed by atoms with van der Waals surface area (Å²) in [7, 11) is 3.16. The van der Waals surface area contributed by atoms with Crippen molar-refractivity contribution in [3.8, 4) is 11.5 Å². The normalized spacial score (nSPS) is 19.9. The second kappa shape index (κ2) is 7.46. The van der Waals surface area contributed by atoms with Crippen molar-refractivity contribution in [3.63, 3.8) is 0 Å². The molecule has 27 heavy (non-hydrogen) atoms. The molecular formula is C19H25N3O5. The average Bonchev–Trinajstić information content (AvgIpc) is 2.69. The average molecular weight is 375 g/mol. The van der Waals surface area contributed by atoms with Crippen molar-refractivity contribution in [1.29, 1.82) is 0 Å². The van der Waals surface area contributed by atoms with Crippen LogP contribution in [-0.2, 0) is 16.0 Å². The number of hydrogen-bond donors (Lipinski definition) is 0. The maximum Gasteiger partial charge on any atom is 0.327 e. The monoisotopic (exact) mass is 375 g/mol. The van der Waals surface area contributed by atoms with Crippen LogP contribution in [0, 0.1) is 0 Å². The number of urea groups is 1. The Balaban J connectivity index is 1.84. The van der Waals surface area contributed by atoms with Gasteiger partial charge < -0.3 is 19.3 Å². The number of piperazine rings is 1. The number of likely N-dealkylation sites (N-methyl/N-ethyl adjacent to an activating group) is 1. The fourth-order valence-electron chi connectivity index (χ4n) is 3.72. The fourth-order valence-corrected chi connectivity index (χ4v) is 3.72. The predicted molar refractivity (Wildman–Crippen MR) is 97.7 cm³/mol. The van der Waals surface area contributed by atoms with Gasteiger partial charge in [0.05, 0.1) is 20.3 Å². The van der Waals surface area contributed by atoms with Crippen LogP contribution in [0.25, 0.3) is 0 Å². The van der Waals surface area contributed by atoms with E-state index in [0.717, 1.165) is 16.0 Å². The summed E-state index contributed by atoms with van der Waals surface area (Å²) < 4.78 is 10.7. The van der Waals surface area contributed by atoms with E-state index < -0.39 is 17.8 Å². The molecule has 8 heteroatoms. The lowest BCUT2D eigenvalue weighted by Gasteiger charge is -2.40. The SMILES string of the molecule is CCN1CCN(C(=O)N2CCc3cc(OC)c(OC)cc3C2C)C(=O)C1=O. The molecule has 1 fully saturated rings. The first-order chi connectivity index (χ1) is 12.9. The molecule has 1 aromatic carbocycles. The molecule has 1 saturated heterocycles. The zero-order valence-corrected chi connectivity index (χ0v) is 16.2. The van der Waals surface area contributed by atoms with Crippen LogP contribution in [0.15, 0.2) is 12.1 Å². The Hall–Kier alpha value is -2.77. The Morgan fingerprint density at radius 2 is 1.74 bits per heavy atom. The molecule has 1 aromatic rings. The number of amides is 4. The summed E-state index contributed by atoms with van der Waals surface area (Å²) in [6.07, 6.45) is 0.642. The van der Waals surface area contributed by atoms with Gasteiger partial charge in [-0.3, -0.25) is 14.5 Å². The lowest BCUT2D eigenvalue weighted by Crippen LogP contribution is -2.59. The van der Waals surface area contributed by atoms with E-state index in [2.05, 4.69) is 0 Å². The van der Waals surface area contributed by atoms with Gasteiger partial charge in [0.15, 0.2) is 11.5 Å². The van der Waals surface area contributed by atoms with Gasteiger partial charge in [-0.2, -0.15) is 0 Å². The second-order valence-corrected chi connectivity index (χ2v) is 6.65. The summed E-state index contributed by atoms with van der Waals surface area (Å²) in [5.41, 5.74) is 2.04. The molecule has 0 radical (unpaired) electrons. The van der Waals surface area contributed by atoms with Crippen molar-refractivity contribution in [2.75, 3.05) is 40.4 Å². The summed E-state index contributed by atoms with van der Waals surface area (Å²) in [5, 5.41) is 0. The topological polar surface area (TPSA) is 79.4 Å². The minimum Gasteiger partial charge on any atom is -0.493 e. The number of ether oxygens (including phenoxy) is 2. The van der Waals surface area contributed by atoms with Crippen LogP contribution in [0.4, 0.5) is 4.79 Å². The van der Waals surface area contributed by atoms with Crippen LogP contribution in [0.2, 0.25) is 0 Å². The molecule has 0 saturated carbocycles. The molecule has 0 N–H and O–H groups in total. The van der Waals surface area contributed by atoms with E-state index in [4.69, 9.17) is 9.47 Å². The van der Waals surface area contributed by atoms with E-state index in [1.165, 1.54) is 4.90 Å². The van der Waals surface area contributed by atoms with E-state index in [-0.39, 0.29) is 12.6 Å². The third-order valence-corrected chi connectivity index (χ3v) is 5.35. The number of carbonyl (C=O) groups excluding carboxylic acids is 3. The van der Waals surface area contributed by atoms with Gasteiger partial charge in [0, 0.05) is 26.2 Å². The number of methoxy groups -OCH3 is 2. The van der Waals surface area contributed by atoms with Gasteiger partial charge >= 0.3 is 17.8 Å². The molecule has 1 atom stereocenters. The summed E-state index contributed by atoms with van der Waals surface area (Å²) >= 11 is 0. The molecule has 0 bridgehead atoms. The van der Waals surface area contributed by atoms with Gasteiger partial charge in [-0.1, -0.05) is 0 Å². The molecule has 8 nitrogen and oxygen atoms in total. The quantitative estimate of drug-likeness (QED) is 0.747. The first-order valence-corrected chi connectivity index (χ1v) is 9.09. The Morgan fingerprint density at radius 1 is 1.07 bits per heavy atom. The van der Waals surface area contributed by atoms with Gasteiger partial charge in [-0.05, 0) is 43.5 Å². The summed E-state index contributed by atoms with van der Waals surface area (Å²) in [6.45, 7) is 5.25. The maximum atomic E-state index is 13.0. The smallest absolute Gasteiger partial charge is 0.327 e. The van der Waals surface area contributed by atoms with Crippen molar-refractivity contribution >= 4 is 17.8 Å². The molecule has 3 rings (SSSR count). The van der Waals surface area contributed by atoms with Gasteiger partial charge in [0.25, 0.3) is 0 Å². The van der Waals surface area contributed by atoms with E-state index in [1.807, 2.05) is 26.0 Å². The van der Waals surface area contributed by atoms with E-state index in [1.54, 1.807) is 19.1 Å². The van der Waals surface area contributed by atoms with Crippen LogP contribution in [0.1, 0.15) is 31.0 Å². The number of rotatable bonds is 3. The molecular weight excluding hydrogens is 350 g/mol.